The number of hydrogen-bond donors (Lipinski definition) is 2. The van der Waals surface area contributed by atoms with Crippen molar-refractivity contribution in [1.82, 2.24) is 9.97 Å². The molecule has 0 spiro atoms. The van der Waals surface area contributed by atoms with Crippen LogP contribution in [0.3, 0.4) is 0 Å². The number of rotatable bonds is 6. The molecule has 1 aromatic heterocycles. The first-order chi connectivity index (χ1) is 8.67. The van der Waals surface area contributed by atoms with Gasteiger partial charge in [0.1, 0.15) is 17.6 Å². The van der Waals surface area contributed by atoms with Crippen LogP contribution in [-0.4, -0.2) is 33.8 Å². The highest BCUT2D eigenvalue weighted by molar-refractivity contribution is 6.29. The summed E-state index contributed by atoms with van der Waals surface area (Å²) in [6, 6.07) is 1.67. The van der Waals surface area contributed by atoms with E-state index in [1.807, 2.05) is 6.92 Å². The third-order valence-electron chi connectivity index (χ3n) is 3.18. The molecule has 0 saturated heterocycles. The summed E-state index contributed by atoms with van der Waals surface area (Å²) in [6.45, 7) is 2.98. The summed E-state index contributed by atoms with van der Waals surface area (Å²) in [7, 11) is 0. The van der Waals surface area contributed by atoms with Crippen molar-refractivity contribution in [2.75, 3.05) is 18.5 Å². The molecule has 1 aliphatic carbocycles. The van der Waals surface area contributed by atoms with Gasteiger partial charge in [-0.05, 0) is 26.2 Å². The first-order valence-electron chi connectivity index (χ1n) is 6.18. The van der Waals surface area contributed by atoms with E-state index in [0.717, 1.165) is 19.3 Å². The molecule has 1 fully saturated rings. The van der Waals surface area contributed by atoms with Gasteiger partial charge in [-0.3, -0.25) is 0 Å². The second-order valence-corrected chi connectivity index (χ2v) is 4.93. The van der Waals surface area contributed by atoms with Crippen LogP contribution in [0, 0.1) is 0 Å². The lowest BCUT2D eigenvalue weighted by molar-refractivity contribution is 0.128. The average molecular weight is 272 g/mol. The minimum absolute atomic E-state index is 0.107. The van der Waals surface area contributed by atoms with Crippen LogP contribution in [0.1, 0.15) is 32.0 Å². The molecule has 0 aliphatic heterocycles. The highest BCUT2D eigenvalue weighted by atomic mass is 35.5. The van der Waals surface area contributed by atoms with Gasteiger partial charge in [-0.25, -0.2) is 9.97 Å². The number of aliphatic hydroxyl groups excluding tert-OH is 1. The predicted octanol–water partition coefficient (Wildman–Crippen LogP) is 1.99. The topological polar surface area (TPSA) is 67.3 Å². The maximum Gasteiger partial charge on any atom is 0.158 e. The number of halogens is 1. The molecule has 0 aromatic carbocycles. The van der Waals surface area contributed by atoms with E-state index in [2.05, 4.69) is 15.3 Å². The summed E-state index contributed by atoms with van der Waals surface area (Å²) in [6.07, 6.45) is 3.02. The quantitative estimate of drug-likeness (QED) is 0.775. The van der Waals surface area contributed by atoms with E-state index in [0.29, 0.717) is 30.0 Å². The fraction of sp³-hybridized carbons (Fsp3) is 0.667. The summed E-state index contributed by atoms with van der Waals surface area (Å²) in [5.74, 6) is 1.21. The molecular formula is C12H18ClN3O2. The fourth-order valence-corrected chi connectivity index (χ4v) is 2.19. The van der Waals surface area contributed by atoms with Gasteiger partial charge in [0.05, 0.1) is 12.1 Å². The average Bonchev–Trinajstić information content (AvgIpc) is 2.30. The maximum absolute atomic E-state index is 9.41. The van der Waals surface area contributed by atoms with Crippen molar-refractivity contribution in [2.24, 2.45) is 0 Å². The Bertz CT molecular complexity index is 405. The van der Waals surface area contributed by atoms with E-state index in [1.54, 1.807) is 6.07 Å². The van der Waals surface area contributed by atoms with Gasteiger partial charge in [-0.1, -0.05) is 11.6 Å². The zero-order valence-electron chi connectivity index (χ0n) is 10.4. The third kappa shape index (κ3) is 3.10. The van der Waals surface area contributed by atoms with Crippen LogP contribution >= 0.6 is 11.6 Å². The van der Waals surface area contributed by atoms with E-state index in [4.69, 9.17) is 16.3 Å². The Morgan fingerprint density at radius 2 is 2.28 bits per heavy atom. The molecule has 18 heavy (non-hydrogen) atoms. The van der Waals surface area contributed by atoms with Crippen molar-refractivity contribution >= 4 is 17.4 Å². The van der Waals surface area contributed by atoms with Crippen LogP contribution in [0.25, 0.3) is 0 Å². The van der Waals surface area contributed by atoms with Crippen LogP contribution < -0.4 is 5.32 Å². The number of nitrogens with one attached hydrogen (secondary N) is 1. The van der Waals surface area contributed by atoms with Crippen LogP contribution in [0.2, 0.25) is 5.15 Å². The van der Waals surface area contributed by atoms with E-state index in [9.17, 15) is 5.11 Å². The Balaban J connectivity index is 2.09. The molecule has 1 aromatic rings. The standard InChI is InChI=1S/C12H18ClN3O2/c1-2-18-7-11-14-9(13)6-10(15-11)16-12(8-17)4-3-5-12/h6,17H,2-5,7-8H2,1H3,(H,14,15,16). The van der Waals surface area contributed by atoms with E-state index < -0.39 is 0 Å². The van der Waals surface area contributed by atoms with Crippen LogP contribution in [0.15, 0.2) is 6.07 Å². The number of ether oxygens (including phenoxy) is 1. The molecule has 6 heteroatoms. The number of nitrogens with zero attached hydrogens (tertiary/aromatic N) is 2. The molecule has 1 heterocycles. The molecule has 5 nitrogen and oxygen atoms in total. The van der Waals surface area contributed by atoms with Crippen LogP contribution in [0.4, 0.5) is 5.82 Å². The smallest absolute Gasteiger partial charge is 0.158 e. The second-order valence-electron chi connectivity index (χ2n) is 4.55. The lowest BCUT2D eigenvalue weighted by atomic mass is 9.77. The molecule has 2 N–H and O–H groups in total. The number of anilines is 1. The van der Waals surface area contributed by atoms with Gasteiger partial charge in [-0.15, -0.1) is 0 Å². The SMILES string of the molecule is CCOCc1nc(Cl)cc(NC2(CO)CCC2)n1. The van der Waals surface area contributed by atoms with Crippen molar-refractivity contribution in [3.05, 3.63) is 17.0 Å². The third-order valence-corrected chi connectivity index (χ3v) is 3.38. The molecule has 2 rings (SSSR count). The Labute approximate surface area is 112 Å². The Morgan fingerprint density at radius 3 is 2.83 bits per heavy atom. The molecule has 0 bridgehead atoms. The largest absolute Gasteiger partial charge is 0.394 e. The molecule has 1 saturated carbocycles. The number of aliphatic hydroxyl groups is 1. The Kier molecular flexibility index (Phi) is 4.37. The first kappa shape index (κ1) is 13.5. The first-order valence-corrected chi connectivity index (χ1v) is 6.55. The zero-order valence-corrected chi connectivity index (χ0v) is 11.2. The van der Waals surface area contributed by atoms with Crippen molar-refractivity contribution in [3.8, 4) is 0 Å². The highest BCUT2D eigenvalue weighted by Crippen LogP contribution is 2.34. The normalized spacial score (nSPS) is 17.3. The van der Waals surface area contributed by atoms with Gasteiger partial charge in [0.15, 0.2) is 5.82 Å². The minimum atomic E-state index is -0.236. The number of hydrogen-bond acceptors (Lipinski definition) is 5. The summed E-state index contributed by atoms with van der Waals surface area (Å²) < 4.78 is 5.27. The number of aromatic nitrogens is 2. The molecule has 1 aliphatic rings. The highest BCUT2D eigenvalue weighted by Gasteiger charge is 2.36. The summed E-state index contributed by atoms with van der Waals surface area (Å²) >= 11 is 5.95. The van der Waals surface area contributed by atoms with Gasteiger partial charge in [-0.2, -0.15) is 0 Å². The van der Waals surface area contributed by atoms with Gasteiger partial charge < -0.3 is 15.2 Å². The molecule has 100 valence electrons. The van der Waals surface area contributed by atoms with Gasteiger partial charge >= 0.3 is 0 Å². The van der Waals surface area contributed by atoms with Crippen molar-refractivity contribution in [3.63, 3.8) is 0 Å². The molecule has 0 atom stereocenters. The fourth-order valence-electron chi connectivity index (χ4n) is 1.98. The zero-order chi connectivity index (χ0) is 13.0. The molecule has 0 unspecified atom stereocenters. The Hall–Kier alpha value is -0.910. The van der Waals surface area contributed by atoms with E-state index in [-0.39, 0.29) is 12.1 Å². The van der Waals surface area contributed by atoms with Crippen molar-refractivity contribution in [1.29, 1.82) is 0 Å². The van der Waals surface area contributed by atoms with Crippen LogP contribution in [-0.2, 0) is 11.3 Å². The molecular weight excluding hydrogens is 254 g/mol. The molecule has 0 amide bonds. The molecule has 0 radical (unpaired) electrons. The summed E-state index contributed by atoms with van der Waals surface area (Å²) in [4.78, 5) is 8.44. The lowest BCUT2D eigenvalue weighted by Gasteiger charge is -2.41. The summed E-state index contributed by atoms with van der Waals surface area (Å²) in [5.41, 5.74) is -0.236. The lowest BCUT2D eigenvalue weighted by Crippen LogP contribution is -2.48. The minimum Gasteiger partial charge on any atom is -0.394 e. The van der Waals surface area contributed by atoms with Gasteiger partial charge in [0, 0.05) is 12.7 Å². The van der Waals surface area contributed by atoms with Crippen LogP contribution in [0.5, 0.6) is 0 Å². The van der Waals surface area contributed by atoms with E-state index >= 15 is 0 Å². The van der Waals surface area contributed by atoms with Crippen molar-refractivity contribution in [2.45, 2.75) is 38.3 Å². The van der Waals surface area contributed by atoms with Gasteiger partial charge in [0.25, 0.3) is 0 Å². The predicted molar refractivity (Wildman–Crippen MR) is 69.7 cm³/mol. The van der Waals surface area contributed by atoms with Gasteiger partial charge in [0.2, 0.25) is 0 Å². The van der Waals surface area contributed by atoms with Crippen molar-refractivity contribution < 1.29 is 9.84 Å². The monoisotopic (exact) mass is 271 g/mol. The van der Waals surface area contributed by atoms with E-state index in [1.165, 1.54) is 0 Å². The second kappa shape index (κ2) is 5.82. The Morgan fingerprint density at radius 1 is 1.50 bits per heavy atom. The summed E-state index contributed by atoms with van der Waals surface area (Å²) in [5, 5.41) is 13.1. The maximum atomic E-state index is 9.41.